The van der Waals surface area contributed by atoms with E-state index in [4.69, 9.17) is 15.2 Å². The molecule has 0 saturated carbocycles. The number of ketones is 1. The zero-order valence-corrected chi connectivity index (χ0v) is 10.7. The lowest BCUT2D eigenvalue weighted by Gasteiger charge is -2.08. The van der Waals surface area contributed by atoms with E-state index in [-0.39, 0.29) is 11.6 Å². The Morgan fingerprint density at radius 1 is 1.16 bits per heavy atom. The maximum Gasteiger partial charge on any atom is 0.197 e. The molecular formula is C14H14N2O3. The molecule has 0 radical (unpaired) electrons. The van der Waals surface area contributed by atoms with E-state index in [1.165, 1.54) is 20.4 Å². The second-order valence-electron chi connectivity index (χ2n) is 3.87. The molecule has 19 heavy (non-hydrogen) atoms. The monoisotopic (exact) mass is 258 g/mol. The number of methoxy groups -OCH3 is 2. The zero-order valence-electron chi connectivity index (χ0n) is 10.7. The van der Waals surface area contributed by atoms with Crippen LogP contribution >= 0.6 is 0 Å². The highest BCUT2D eigenvalue weighted by molar-refractivity contribution is 6.11. The van der Waals surface area contributed by atoms with Gasteiger partial charge in [-0.3, -0.25) is 4.79 Å². The van der Waals surface area contributed by atoms with Gasteiger partial charge in [-0.05, 0) is 24.3 Å². The number of carbonyl (C=O) groups is 1. The number of aromatic nitrogens is 1. The van der Waals surface area contributed by atoms with Crippen LogP contribution in [-0.4, -0.2) is 25.0 Å². The summed E-state index contributed by atoms with van der Waals surface area (Å²) >= 11 is 0. The van der Waals surface area contributed by atoms with Gasteiger partial charge in [-0.2, -0.15) is 0 Å². The van der Waals surface area contributed by atoms with Gasteiger partial charge in [0.1, 0.15) is 17.3 Å². The second-order valence-corrected chi connectivity index (χ2v) is 3.87. The van der Waals surface area contributed by atoms with Crippen molar-refractivity contribution >= 4 is 11.6 Å². The fourth-order valence-electron chi connectivity index (χ4n) is 1.70. The van der Waals surface area contributed by atoms with Gasteiger partial charge < -0.3 is 15.2 Å². The van der Waals surface area contributed by atoms with Gasteiger partial charge >= 0.3 is 0 Å². The Morgan fingerprint density at radius 3 is 2.32 bits per heavy atom. The SMILES string of the molecule is COc1cc(OC)cc(C(=O)c2cccnc2N)c1. The second kappa shape index (κ2) is 5.39. The van der Waals surface area contributed by atoms with Crippen LogP contribution < -0.4 is 15.2 Å². The van der Waals surface area contributed by atoms with Crippen LogP contribution in [0.2, 0.25) is 0 Å². The minimum Gasteiger partial charge on any atom is -0.497 e. The molecule has 0 fully saturated rings. The molecule has 5 nitrogen and oxygen atoms in total. The lowest BCUT2D eigenvalue weighted by Crippen LogP contribution is -2.07. The molecule has 0 aliphatic heterocycles. The van der Waals surface area contributed by atoms with E-state index in [1.807, 2.05) is 0 Å². The van der Waals surface area contributed by atoms with Crippen LogP contribution in [0.5, 0.6) is 11.5 Å². The van der Waals surface area contributed by atoms with E-state index in [0.29, 0.717) is 22.6 Å². The van der Waals surface area contributed by atoms with E-state index < -0.39 is 0 Å². The first-order chi connectivity index (χ1) is 9.15. The van der Waals surface area contributed by atoms with Gasteiger partial charge in [-0.15, -0.1) is 0 Å². The molecule has 0 bridgehead atoms. The first-order valence-corrected chi connectivity index (χ1v) is 5.64. The predicted molar refractivity (Wildman–Crippen MR) is 71.6 cm³/mol. The number of ether oxygens (including phenoxy) is 2. The fourth-order valence-corrected chi connectivity index (χ4v) is 1.70. The van der Waals surface area contributed by atoms with Gasteiger partial charge in [0.15, 0.2) is 5.78 Å². The lowest BCUT2D eigenvalue weighted by atomic mass is 10.0. The minimum absolute atomic E-state index is 0.203. The zero-order chi connectivity index (χ0) is 13.8. The first kappa shape index (κ1) is 12.9. The third-order valence-corrected chi connectivity index (χ3v) is 2.70. The maximum absolute atomic E-state index is 12.4. The third kappa shape index (κ3) is 2.65. The Labute approximate surface area is 111 Å². The summed E-state index contributed by atoms with van der Waals surface area (Å²) in [6.45, 7) is 0. The molecule has 0 amide bonds. The molecule has 5 heteroatoms. The van der Waals surface area contributed by atoms with Crippen LogP contribution in [0.1, 0.15) is 15.9 Å². The molecule has 0 unspecified atom stereocenters. The van der Waals surface area contributed by atoms with Gasteiger partial charge in [0.05, 0.1) is 19.8 Å². The van der Waals surface area contributed by atoms with Crippen molar-refractivity contribution in [3.05, 3.63) is 47.7 Å². The number of nitrogen functional groups attached to an aromatic ring is 1. The first-order valence-electron chi connectivity index (χ1n) is 5.64. The Kier molecular flexibility index (Phi) is 3.66. The van der Waals surface area contributed by atoms with Crippen molar-refractivity contribution in [3.63, 3.8) is 0 Å². The number of anilines is 1. The summed E-state index contributed by atoms with van der Waals surface area (Å²) < 4.78 is 10.3. The number of nitrogens with two attached hydrogens (primary N) is 1. The summed E-state index contributed by atoms with van der Waals surface area (Å²) in [7, 11) is 3.06. The summed E-state index contributed by atoms with van der Waals surface area (Å²) in [5.74, 6) is 1.08. The Hall–Kier alpha value is -2.56. The van der Waals surface area contributed by atoms with Crippen LogP contribution in [0.25, 0.3) is 0 Å². The number of hydrogen-bond acceptors (Lipinski definition) is 5. The predicted octanol–water partition coefficient (Wildman–Crippen LogP) is 1.91. The van der Waals surface area contributed by atoms with E-state index in [9.17, 15) is 4.79 Å². The van der Waals surface area contributed by atoms with Gasteiger partial charge in [0.25, 0.3) is 0 Å². The van der Waals surface area contributed by atoms with Crippen molar-refractivity contribution in [2.24, 2.45) is 0 Å². The van der Waals surface area contributed by atoms with Gasteiger partial charge in [-0.25, -0.2) is 4.98 Å². The highest BCUT2D eigenvalue weighted by Crippen LogP contribution is 2.25. The molecule has 98 valence electrons. The van der Waals surface area contributed by atoms with Crippen molar-refractivity contribution in [1.29, 1.82) is 0 Å². The van der Waals surface area contributed by atoms with Crippen molar-refractivity contribution in [3.8, 4) is 11.5 Å². The minimum atomic E-state index is -0.220. The molecule has 1 heterocycles. The standard InChI is InChI=1S/C14H14N2O3/c1-18-10-6-9(7-11(8-10)19-2)13(17)12-4-3-5-16-14(12)15/h3-8H,1-2H3,(H2,15,16). The number of hydrogen-bond donors (Lipinski definition) is 1. The highest BCUT2D eigenvalue weighted by atomic mass is 16.5. The smallest absolute Gasteiger partial charge is 0.197 e. The van der Waals surface area contributed by atoms with Crippen molar-refractivity contribution in [2.75, 3.05) is 20.0 Å². The van der Waals surface area contributed by atoms with E-state index in [2.05, 4.69) is 4.98 Å². The quantitative estimate of drug-likeness (QED) is 0.848. The average molecular weight is 258 g/mol. The van der Waals surface area contributed by atoms with Gasteiger partial charge in [0.2, 0.25) is 0 Å². The molecule has 2 rings (SSSR count). The molecular weight excluding hydrogens is 244 g/mol. The largest absolute Gasteiger partial charge is 0.497 e. The Bertz CT molecular complexity index is 589. The van der Waals surface area contributed by atoms with Crippen LogP contribution in [-0.2, 0) is 0 Å². The maximum atomic E-state index is 12.4. The van der Waals surface area contributed by atoms with E-state index >= 15 is 0 Å². The number of benzene rings is 1. The van der Waals surface area contributed by atoms with Crippen LogP contribution in [0.4, 0.5) is 5.82 Å². The topological polar surface area (TPSA) is 74.4 Å². The molecule has 0 aliphatic rings. The molecule has 0 saturated heterocycles. The third-order valence-electron chi connectivity index (χ3n) is 2.70. The molecule has 2 aromatic rings. The molecule has 0 atom stereocenters. The molecule has 1 aromatic heterocycles. The summed E-state index contributed by atoms with van der Waals surface area (Å²) in [5, 5.41) is 0. The Balaban J connectivity index is 2.47. The number of nitrogens with zero attached hydrogens (tertiary/aromatic N) is 1. The number of carbonyl (C=O) groups excluding carboxylic acids is 1. The van der Waals surface area contributed by atoms with E-state index in [0.717, 1.165) is 0 Å². The number of pyridine rings is 1. The summed E-state index contributed by atoms with van der Waals surface area (Å²) in [6, 6.07) is 8.27. The molecule has 0 spiro atoms. The molecule has 2 N–H and O–H groups in total. The van der Waals surface area contributed by atoms with Gasteiger partial charge in [-0.1, -0.05) is 0 Å². The van der Waals surface area contributed by atoms with Crippen molar-refractivity contribution < 1.29 is 14.3 Å². The number of rotatable bonds is 4. The van der Waals surface area contributed by atoms with Crippen LogP contribution in [0, 0.1) is 0 Å². The molecule has 1 aromatic carbocycles. The average Bonchev–Trinajstić information content (AvgIpc) is 2.46. The van der Waals surface area contributed by atoms with E-state index in [1.54, 1.807) is 30.3 Å². The summed E-state index contributed by atoms with van der Waals surface area (Å²) in [5.41, 5.74) is 6.51. The highest BCUT2D eigenvalue weighted by Gasteiger charge is 2.15. The fraction of sp³-hybridized carbons (Fsp3) is 0.143. The summed E-state index contributed by atoms with van der Waals surface area (Å²) in [6.07, 6.45) is 1.54. The lowest BCUT2D eigenvalue weighted by molar-refractivity contribution is 0.103. The van der Waals surface area contributed by atoms with Crippen molar-refractivity contribution in [1.82, 2.24) is 4.98 Å². The van der Waals surface area contributed by atoms with Crippen LogP contribution in [0.15, 0.2) is 36.5 Å². The van der Waals surface area contributed by atoms with Crippen molar-refractivity contribution in [2.45, 2.75) is 0 Å². The Morgan fingerprint density at radius 2 is 1.79 bits per heavy atom. The molecule has 0 aliphatic carbocycles. The summed E-state index contributed by atoms with van der Waals surface area (Å²) in [4.78, 5) is 16.3. The van der Waals surface area contributed by atoms with Gasteiger partial charge in [0, 0.05) is 17.8 Å². The van der Waals surface area contributed by atoms with Crippen LogP contribution in [0.3, 0.4) is 0 Å². The normalized spacial score (nSPS) is 10.0.